The fourth-order valence-electron chi connectivity index (χ4n) is 2.54. The summed E-state index contributed by atoms with van der Waals surface area (Å²) in [6, 6.07) is 7.56. The lowest BCUT2D eigenvalue weighted by Crippen LogP contribution is -2.36. The Hall–Kier alpha value is -1.54. The highest BCUT2D eigenvalue weighted by atomic mass is 79.9. The summed E-state index contributed by atoms with van der Waals surface area (Å²) in [6.45, 7) is 0. The van der Waals surface area contributed by atoms with Gasteiger partial charge in [-0.05, 0) is 47.0 Å². The van der Waals surface area contributed by atoms with E-state index >= 15 is 0 Å². The van der Waals surface area contributed by atoms with Gasteiger partial charge in [0, 0.05) is 5.69 Å². The summed E-state index contributed by atoms with van der Waals surface area (Å²) >= 11 is 3.38. The number of anilines is 1. The highest BCUT2D eigenvalue weighted by Gasteiger charge is 2.39. The molecule has 0 spiro atoms. The van der Waals surface area contributed by atoms with Crippen LogP contribution in [0.3, 0.4) is 0 Å². The second-order valence-electron chi connectivity index (χ2n) is 5.06. The summed E-state index contributed by atoms with van der Waals surface area (Å²) in [5.74, 6) is 0.507. The minimum absolute atomic E-state index is 0.197. The molecule has 1 aliphatic carbocycles. The molecule has 106 valence electrons. The Balaban J connectivity index is 2.14. The fraction of sp³-hybridized carbons (Fsp3) is 0.467. The van der Waals surface area contributed by atoms with Crippen molar-refractivity contribution in [1.82, 2.24) is 0 Å². The zero-order valence-electron chi connectivity index (χ0n) is 11.4. The molecule has 1 aromatic carbocycles. The van der Waals surface area contributed by atoms with Crippen molar-refractivity contribution < 1.29 is 9.53 Å². The Bertz CT molecular complexity index is 545. The maximum Gasteiger partial charge on any atom is 0.244 e. The van der Waals surface area contributed by atoms with Gasteiger partial charge in [-0.1, -0.05) is 19.3 Å². The molecule has 0 unspecified atom stereocenters. The van der Waals surface area contributed by atoms with Gasteiger partial charge < -0.3 is 10.1 Å². The normalized spacial score (nSPS) is 17.1. The molecule has 1 aliphatic rings. The number of halogens is 1. The van der Waals surface area contributed by atoms with Crippen molar-refractivity contribution in [2.45, 2.75) is 32.1 Å². The molecule has 0 radical (unpaired) electrons. The van der Waals surface area contributed by atoms with Crippen molar-refractivity contribution in [3.8, 4) is 11.8 Å². The quantitative estimate of drug-likeness (QED) is 0.911. The molecule has 20 heavy (non-hydrogen) atoms. The van der Waals surface area contributed by atoms with Crippen LogP contribution in [-0.4, -0.2) is 13.0 Å². The number of hydrogen-bond donors (Lipinski definition) is 1. The first-order valence-electron chi connectivity index (χ1n) is 6.67. The number of benzene rings is 1. The smallest absolute Gasteiger partial charge is 0.244 e. The second kappa shape index (κ2) is 6.27. The first-order chi connectivity index (χ1) is 9.61. The van der Waals surface area contributed by atoms with Crippen LogP contribution < -0.4 is 10.1 Å². The van der Waals surface area contributed by atoms with Gasteiger partial charge in [0.2, 0.25) is 5.91 Å². The second-order valence-corrected chi connectivity index (χ2v) is 5.91. The standard InChI is InChI=1S/C15H17BrN2O2/c1-20-13-6-5-11(9-12(13)16)18-14(19)15(10-17)7-3-2-4-8-15/h5-6,9H,2-4,7-8H2,1H3,(H,18,19). The molecule has 1 N–H and O–H groups in total. The third-order valence-electron chi connectivity index (χ3n) is 3.77. The maximum absolute atomic E-state index is 12.4. The monoisotopic (exact) mass is 336 g/mol. The van der Waals surface area contributed by atoms with E-state index in [2.05, 4.69) is 27.3 Å². The molecule has 0 bridgehead atoms. The molecule has 0 aliphatic heterocycles. The fourth-order valence-corrected chi connectivity index (χ4v) is 3.08. The summed E-state index contributed by atoms with van der Waals surface area (Å²) in [5.41, 5.74) is -0.201. The van der Waals surface area contributed by atoms with E-state index in [0.29, 0.717) is 24.3 Å². The average Bonchev–Trinajstić information content (AvgIpc) is 2.48. The van der Waals surface area contributed by atoms with Gasteiger partial charge in [0.25, 0.3) is 0 Å². The van der Waals surface area contributed by atoms with Gasteiger partial charge in [0.15, 0.2) is 0 Å². The van der Waals surface area contributed by atoms with Gasteiger partial charge in [0.05, 0.1) is 17.7 Å². The molecule has 5 heteroatoms. The van der Waals surface area contributed by atoms with Crippen molar-refractivity contribution in [2.75, 3.05) is 12.4 Å². The number of nitrogens with zero attached hydrogens (tertiary/aromatic N) is 1. The molecular weight excluding hydrogens is 320 g/mol. The number of carbonyl (C=O) groups excluding carboxylic acids is 1. The molecule has 0 saturated heterocycles. The van der Waals surface area contributed by atoms with E-state index in [9.17, 15) is 10.1 Å². The van der Waals surface area contributed by atoms with Gasteiger partial charge >= 0.3 is 0 Å². The summed E-state index contributed by atoms with van der Waals surface area (Å²) in [7, 11) is 1.59. The summed E-state index contributed by atoms with van der Waals surface area (Å²) < 4.78 is 5.92. The van der Waals surface area contributed by atoms with Crippen LogP contribution in [0.4, 0.5) is 5.69 Å². The van der Waals surface area contributed by atoms with E-state index in [1.165, 1.54) is 0 Å². The predicted molar refractivity (Wildman–Crippen MR) is 80.5 cm³/mol. The molecule has 0 atom stereocenters. The predicted octanol–water partition coefficient (Wildman–Crippen LogP) is 3.87. The lowest BCUT2D eigenvalue weighted by atomic mass is 9.74. The van der Waals surface area contributed by atoms with Crippen LogP contribution in [0.2, 0.25) is 0 Å². The van der Waals surface area contributed by atoms with Crippen LogP contribution in [0.15, 0.2) is 22.7 Å². The van der Waals surface area contributed by atoms with Crippen molar-refractivity contribution in [3.05, 3.63) is 22.7 Å². The van der Waals surface area contributed by atoms with Gasteiger partial charge in [-0.3, -0.25) is 4.79 Å². The molecule has 0 aromatic heterocycles. The van der Waals surface area contributed by atoms with Crippen LogP contribution in [0.1, 0.15) is 32.1 Å². The number of ether oxygens (including phenoxy) is 1. The van der Waals surface area contributed by atoms with Crippen molar-refractivity contribution in [3.63, 3.8) is 0 Å². The van der Waals surface area contributed by atoms with Crippen LogP contribution in [0.5, 0.6) is 5.75 Å². The van der Waals surface area contributed by atoms with Crippen LogP contribution >= 0.6 is 15.9 Å². The Labute approximate surface area is 127 Å². The zero-order valence-corrected chi connectivity index (χ0v) is 13.0. The number of nitrogens with one attached hydrogen (secondary N) is 1. The van der Waals surface area contributed by atoms with Crippen molar-refractivity contribution in [1.29, 1.82) is 5.26 Å². The Kier molecular flexibility index (Phi) is 4.66. The maximum atomic E-state index is 12.4. The number of rotatable bonds is 3. The van der Waals surface area contributed by atoms with Crippen LogP contribution in [-0.2, 0) is 4.79 Å². The summed E-state index contributed by atoms with van der Waals surface area (Å²) in [6.07, 6.45) is 4.27. The lowest BCUT2D eigenvalue weighted by molar-refractivity contribution is -0.124. The molecule has 4 nitrogen and oxygen atoms in total. The number of hydrogen-bond acceptors (Lipinski definition) is 3. The topological polar surface area (TPSA) is 62.1 Å². The largest absolute Gasteiger partial charge is 0.496 e. The number of nitriles is 1. The van der Waals surface area contributed by atoms with Crippen LogP contribution in [0, 0.1) is 16.7 Å². The number of carbonyl (C=O) groups is 1. The number of amides is 1. The van der Waals surface area contributed by atoms with E-state index in [4.69, 9.17) is 4.74 Å². The van der Waals surface area contributed by atoms with E-state index < -0.39 is 5.41 Å². The van der Waals surface area contributed by atoms with Gasteiger partial charge in [-0.2, -0.15) is 5.26 Å². The van der Waals surface area contributed by atoms with E-state index in [1.807, 2.05) is 0 Å². The first kappa shape index (κ1) is 14.9. The lowest BCUT2D eigenvalue weighted by Gasteiger charge is -2.29. The third-order valence-corrected chi connectivity index (χ3v) is 4.39. The zero-order chi connectivity index (χ0) is 14.6. The highest BCUT2D eigenvalue weighted by Crippen LogP contribution is 2.37. The van der Waals surface area contributed by atoms with E-state index in [1.54, 1.807) is 25.3 Å². The summed E-state index contributed by atoms with van der Waals surface area (Å²) in [4.78, 5) is 12.4. The molecule has 1 amide bonds. The highest BCUT2D eigenvalue weighted by molar-refractivity contribution is 9.10. The Morgan fingerprint density at radius 1 is 1.40 bits per heavy atom. The average molecular weight is 337 g/mol. The molecule has 1 saturated carbocycles. The minimum atomic E-state index is -0.870. The van der Waals surface area contributed by atoms with Gasteiger partial charge in [-0.15, -0.1) is 0 Å². The summed E-state index contributed by atoms with van der Waals surface area (Å²) in [5, 5.41) is 12.2. The SMILES string of the molecule is COc1ccc(NC(=O)C2(C#N)CCCCC2)cc1Br. The van der Waals surface area contributed by atoms with Gasteiger partial charge in [-0.25, -0.2) is 0 Å². The van der Waals surface area contributed by atoms with Crippen molar-refractivity contribution >= 4 is 27.5 Å². The van der Waals surface area contributed by atoms with Crippen LogP contribution in [0.25, 0.3) is 0 Å². The minimum Gasteiger partial charge on any atom is -0.496 e. The number of methoxy groups -OCH3 is 1. The van der Waals surface area contributed by atoms with E-state index in [-0.39, 0.29) is 5.91 Å². The van der Waals surface area contributed by atoms with E-state index in [0.717, 1.165) is 23.7 Å². The molecule has 1 fully saturated rings. The Morgan fingerprint density at radius 2 is 2.10 bits per heavy atom. The first-order valence-corrected chi connectivity index (χ1v) is 7.47. The molecule has 2 rings (SSSR count). The Morgan fingerprint density at radius 3 is 2.65 bits per heavy atom. The van der Waals surface area contributed by atoms with Crippen molar-refractivity contribution in [2.24, 2.45) is 5.41 Å². The van der Waals surface area contributed by atoms with Gasteiger partial charge in [0.1, 0.15) is 11.2 Å². The molecule has 1 aromatic rings. The molecule has 0 heterocycles. The molecular formula is C15H17BrN2O2. The third kappa shape index (κ3) is 2.96.